The molecule has 1 amide bonds. The Bertz CT molecular complexity index is 953. The van der Waals surface area contributed by atoms with Crippen LogP contribution in [0.1, 0.15) is 16.1 Å². The average Bonchev–Trinajstić information content (AvgIpc) is 3.24. The van der Waals surface area contributed by atoms with Gasteiger partial charge in [0.2, 0.25) is 0 Å². The molecule has 0 bridgehead atoms. The van der Waals surface area contributed by atoms with Crippen molar-refractivity contribution in [3.8, 4) is 5.82 Å². The van der Waals surface area contributed by atoms with E-state index in [-0.39, 0.29) is 17.4 Å². The first-order valence-electron chi connectivity index (χ1n) is 8.91. The predicted molar refractivity (Wildman–Crippen MR) is 99.8 cm³/mol. The highest BCUT2D eigenvalue weighted by atomic mass is 19.1. The van der Waals surface area contributed by atoms with E-state index in [0.717, 1.165) is 24.5 Å². The Hall–Kier alpha value is -3.33. The molecule has 3 heterocycles. The zero-order valence-electron chi connectivity index (χ0n) is 15.1. The largest absolute Gasteiger partial charge is 0.378 e. The van der Waals surface area contributed by atoms with Crippen molar-refractivity contribution in [2.24, 2.45) is 0 Å². The van der Waals surface area contributed by atoms with Crippen LogP contribution in [0.5, 0.6) is 0 Å². The van der Waals surface area contributed by atoms with E-state index < -0.39 is 0 Å². The van der Waals surface area contributed by atoms with E-state index in [4.69, 9.17) is 4.74 Å². The van der Waals surface area contributed by atoms with Crippen LogP contribution in [-0.2, 0) is 11.3 Å². The highest BCUT2D eigenvalue weighted by Crippen LogP contribution is 2.15. The molecule has 8 nitrogen and oxygen atoms in total. The molecule has 4 rings (SSSR count). The van der Waals surface area contributed by atoms with Crippen molar-refractivity contribution in [1.82, 2.24) is 24.8 Å². The predicted octanol–water partition coefficient (Wildman–Crippen LogP) is 1.57. The van der Waals surface area contributed by atoms with Crippen LogP contribution >= 0.6 is 0 Å². The molecule has 28 heavy (non-hydrogen) atoms. The summed E-state index contributed by atoms with van der Waals surface area (Å²) in [4.78, 5) is 27.2. The second-order valence-electron chi connectivity index (χ2n) is 6.31. The third-order valence-electron chi connectivity index (χ3n) is 4.42. The number of imidazole rings is 1. The van der Waals surface area contributed by atoms with Crippen LogP contribution in [0.25, 0.3) is 5.82 Å². The summed E-state index contributed by atoms with van der Waals surface area (Å²) < 4.78 is 20.0. The van der Waals surface area contributed by atoms with E-state index >= 15 is 0 Å². The van der Waals surface area contributed by atoms with E-state index in [1.54, 1.807) is 22.9 Å². The van der Waals surface area contributed by atoms with Crippen LogP contribution in [0.4, 0.5) is 10.2 Å². The second kappa shape index (κ2) is 8.13. The van der Waals surface area contributed by atoms with Gasteiger partial charge in [0.1, 0.15) is 35.8 Å². The third-order valence-corrected chi connectivity index (χ3v) is 4.42. The quantitative estimate of drug-likeness (QED) is 0.721. The van der Waals surface area contributed by atoms with Gasteiger partial charge in [0.25, 0.3) is 5.91 Å². The summed E-state index contributed by atoms with van der Waals surface area (Å²) in [6.07, 6.45) is 4.65. The highest BCUT2D eigenvalue weighted by Gasteiger charge is 2.15. The van der Waals surface area contributed by atoms with Crippen molar-refractivity contribution in [3.63, 3.8) is 0 Å². The maximum atomic E-state index is 12.9. The minimum absolute atomic E-state index is 0.272. The van der Waals surface area contributed by atoms with Gasteiger partial charge in [-0.1, -0.05) is 12.1 Å². The summed E-state index contributed by atoms with van der Waals surface area (Å²) in [5.41, 5.74) is 1.08. The summed E-state index contributed by atoms with van der Waals surface area (Å²) in [6, 6.07) is 7.83. The molecule has 0 radical (unpaired) electrons. The first-order chi connectivity index (χ1) is 13.7. The molecule has 144 valence electrons. The number of carbonyl (C=O) groups is 1. The number of morpholine rings is 1. The van der Waals surface area contributed by atoms with Crippen molar-refractivity contribution in [2.45, 2.75) is 6.54 Å². The first kappa shape index (κ1) is 18.1. The van der Waals surface area contributed by atoms with Crippen molar-refractivity contribution in [3.05, 3.63) is 66.3 Å². The highest BCUT2D eigenvalue weighted by molar-refractivity contribution is 5.92. The number of amides is 1. The molecule has 1 fully saturated rings. The number of ether oxygens (including phenoxy) is 1. The average molecular weight is 382 g/mol. The molecule has 0 saturated carbocycles. The van der Waals surface area contributed by atoms with Gasteiger partial charge in [-0.05, 0) is 17.7 Å². The summed E-state index contributed by atoms with van der Waals surface area (Å²) in [6.45, 7) is 3.18. The van der Waals surface area contributed by atoms with E-state index in [9.17, 15) is 9.18 Å². The van der Waals surface area contributed by atoms with Crippen molar-refractivity contribution < 1.29 is 13.9 Å². The van der Waals surface area contributed by atoms with E-state index in [2.05, 4.69) is 25.2 Å². The molecule has 1 aliphatic rings. The number of nitrogens with one attached hydrogen (secondary N) is 1. The Morgan fingerprint density at radius 2 is 1.86 bits per heavy atom. The molecule has 1 aliphatic heterocycles. The smallest absolute Gasteiger partial charge is 0.271 e. The summed E-state index contributed by atoms with van der Waals surface area (Å²) >= 11 is 0. The molecule has 1 saturated heterocycles. The normalized spacial score (nSPS) is 14.1. The number of aromatic nitrogens is 4. The molecular weight excluding hydrogens is 363 g/mol. The fourth-order valence-electron chi connectivity index (χ4n) is 2.88. The topological polar surface area (TPSA) is 85.2 Å². The van der Waals surface area contributed by atoms with Crippen LogP contribution in [0.15, 0.2) is 49.2 Å². The number of nitrogens with zero attached hydrogens (tertiary/aromatic N) is 5. The number of benzene rings is 1. The number of anilines is 1. The molecule has 0 unspecified atom stereocenters. The summed E-state index contributed by atoms with van der Waals surface area (Å²) in [7, 11) is 0. The number of carbonyl (C=O) groups excluding carboxylic acids is 1. The maximum absolute atomic E-state index is 12.9. The minimum Gasteiger partial charge on any atom is -0.378 e. The zero-order chi connectivity index (χ0) is 19.3. The van der Waals surface area contributed by atoms with Crippen LogP contribution in [0.2, 0.25) is 0 Å². The molecule has 3 aromatic rings. The van der Waals surface area contributed by atoms with Gasteiger partial charge < -0.3 is 15.0 Å². The monoisotopic (exact) mass is 382 g/mol. The van der Waals surface area contributed by atoms with Gasteiger partial charge in [0, 0.05) is 31.9 Å². The van der Waals surface area contributed by atoms with Crippen LogP contribution in [0.3, 0.4) is 0 Å². The lowest BCUT2D eigenvalue weighted by atomic mass is 10.2. The molecular formula is C19H19FN6O2. The van der Waals surface area contributed by atoms with Crippen LogP contribution in [0, 0.1) is 5.82 Å². The number of hydrogen-bond acceptors (Lipinski definition) is 6. The third kappa shape index (κ3) is 4.15. The van der Waals surface area contributed by atoms with Crippen LogP contribution < -0.4 is 10.2 Å². The fraction of sp³-hybridized carbons (Fsp3) is 0.263. The number of halogens is 1. The van der Waals surface area contributed by atoms with Gasteiger partial charge in [-0.25, -0.2) is 19.3 Å². The molecule has 9 heteroatoms. The molecule has 0 aliphatic carbocycles. The van der Waals surface area contributed by atoms with Gasteiger partial charge in [-0.2, -0.15) is 0 Å². The van der Waals surface area contributed by atoms with Gasteiger partial charge in [-0.3, -0.25) is 9.36 Å². The van der Waals surface area contributed by atoms with E-state index in [1.165, 1.54) is 24.8 Å². The van der Waals surface area contributed by atoms with E-state index in [0.29, 0.717) is 25.6 Å². The van der Waals surface area contributed by atoms with E-state index in [1.807, 2.05) is 6.07 Å². The molecule has 2 aromatic heterocycles. The van der Waals surface area contributed by atoms with Gasteiger partial charge >= 0.3 is 0 Å². The summed E-state index contributed by atoms with van der Waals surface area (Å²) in [5, 5.41) is 2.77. The van der Waals surface area contributed by atoms with Gasteiger partial charge in [0.15, 0.2) is 0 Å². The SMILES string of the molecule is O=C(NCc1ccc(F)cc1)c1cn(-c2cc(N3CCOCC3)ncn2)cn1. The Balaban J connectivity index is 1.43. The van der Waals surface area contributed by atoms with Crippen molar-refractivity contribution >= 4 is 11.7 Å². The van der Waals surface area contributed by atoms with Crippen molar-refractivity contribution in [2.75, 3.05) is 31.2 Å². The summed E-state index contributed by atoms with van der Waals surface area (Å²) in [5.74, 6) is 0.812. The molecule has 0 spiro atoms. The molecule has 1 N–H and O–H groups in total. The lowest BCUT2D eigenvalue weighted by Gasteiger charge is -2.27. The fourth-order valence-corrected chi connectivity index (χ4v) is 2.88. The zero-order valence-corrected chi connectivity index (χ0v) is 15.1. The number of rotatable bonds is 5. The maximum Gasteiger partial charge on any atom is 0.271 e. The Kier molecular flexibility index (Phi) is 5.24. The van der Waals surface area contributed by atoms with Crippen LogP contribution in [-0.4, -0.2) is 51.7 Å². The van der Waals surface area contributed by atoms with Gasteiger partial charge in [-0.15, -0.1) is 0 Å². The number of hydrogen-bond donors (Lipinski definition) is 1. The lowest BCUT2D eigenvalue weighted by Crippen LogP contribution is -2.36. The Labute approximate surface area is 161 Å². The lowest BCUT2D eigenvalue weighted by molar-refractivity contribution is 0.0946. The van der Waals surface area contributed by atoms with Gasteiger partial charge in [0.05, 0.1) is 13.2 Å². The van der Waals surface area contributed by atoms with Crippen molar-refractivity contribution in [1.29, 1.82) is 0 Å². The Morgan fingerprint density at radius 3 is 2.64 bits per heavy atom. The Morgan fingerprint density at radius 1 is 1.11 bits per heavy atom. The molecule has 1 aromatic carbocycles. The molecule has 0 atom stereocenters. The first-order valence-corrected chi connectivity index (χ1v) is 8.91. The minimum atomic E-state index is -0.314. The second-order valence-corrected chi connectivity index (χ2v) is 6.31. The standard InChI is InChI=1S/C19H19FN6O2/c20-15-3-1-14(2-4-15)10-21-19(27)16-11-26(13-24-16)18-9-17(22-12-23-18)25-5-7-28-8-6-25/h1-4,9,11-13H,5-8,10H2,(H,21,27).